The fourth-order valence-electron chi connectivity index (χ4n) is 2.89. The minimum absolute atomic E-state index is 0.108. The highest BCUT2D eigenvalue weighted by Crippen LogP contribution is 2.27. The van der Waals surface area contributed by atoms with E-state index in [1.807, 2.05) is 0 Å². The fourth-order valence-corrected chi connectivity index (χ4v) is 2.89. The van der Waals surface area contributed by atoms with Crippen LogP contribution in [-0.4, -0.2) is 43.4 Å². The third-order valence-corrected chi connectivity index (χ3v) is 4.21. The van der Waals surface area contributed by atoms with E-state index >= 15 is 0 Å². The van der Waals surface area contributed by atoms with E-state index in [4.69, 9.17) is 0 Å². The van der Waals surface area contributed by atoms with Crippen LogP contribution in [0.25, 0.3) is 0 Å². The zero-order valence-corrected chi connectivity index (χ0v) is 11.8. The Morgan fingerprint density at radius 3 is 2.80 bits per heavy atom. The van der Waals surface area contributed by atoms with Gasteiger partial charge in [0.2, 0.25) is 11.8 Å². The summed E-state index contributed by atoms with van der Waals surface area (Å²) in [5, 5.41) is 3.19. The maximum atomic E-state index is 11.8. The van der Waals surface area contributed by atoms with Gasteiger partial charge in [0.05, 0.1) is 12.5 Å². The lowest BCUT2D eigenvalue weighted by Crippen LogP contribution is -2.36. The summed E-state index contributed by atoms with van der Waals surface area (Å²) in [6.45, 7) is 1.68. The maximum Gasteiger partial charge on any atom is 0.246 e. The quantitative estimate of drug-likeness (QED) is 0.816. The normalized spacial score (nSPS) is 21.8. The van der Waals surface area contributed by atoms with E-state index in [0.717, 1.165) is 18.5 Å². The number of likely N-dealkylation sites (tertiary alicyclic amines) is 1. The molecule has 20 heavy (non-hydrogen) atoms. The van der Waals surface area contributed by atoms with Crippen LogP contribution in [-0.2, 0) is 22.6 Å². The summed E-state index contributed by atoms with van der Waals surface area (Å²) in [6, 6.07) is 6.03. The lowest BCUT2D eigenvalue weighted by Gasteiger charge is -2.14. The van der Waals surface area contributed by atoms with Gasteiger partial charge in [0.1, 0.15) is 0 Å². The molecule has 5 heteroatoms. The number of nitrogens with one attached hydrogen (secondary N) is 1. The molecule has 2 aliphatic rings. The first-order valence-corrected chi connectivity index (χ1v) is 6.93. The van der Waals surface area contributed by atoms with Crippen LogP contribution in [0, 0.1) is 0 Å². The van der Waals surface area contributed by atoms with Crippen LogP contribution in [0.3, 0.4) is 0 Å². The summed E-state index contributed by atoms with van der Waals surface area (Å²) >= 11 is 0. The lowest BCUT2D eigenvalue weighted by molar-refractivity contribution is -0.137. The van der Waals surface area contributed by atoms with Gasteiger partial charge in [-0.25, -0.2) is 0 Å². The first-order chi connectivity index (χ1) is 9.56. The van der Waals surface area contributed by atoms with Crippen molar-refractivity contribution in [1.29, 1.82) is 0 Å². The number of carbonyl (C=O) groups is 2. The van der Waals surface area contributed by atoms with Crippen molar-refractivity contribution < 1.29 is 9.59 Å². The molecule has 2 aliphatic heterocycles. The van der Waals surface area contributed by atoms with Gasteiger partial charge in [0, 0.05) is 32.9 Å². The Morgan fingerprint density at radius 1 is 1.30 bits per heavy atom. The first kappa shape index (κ1) is 13.1. The second-order valence-electron chi connectivity index (χ2n) is 5.56. The summed E-state index contributed by atoms with van der Waals surface area (Å²) < 4.78 is 0. The summed E-state index contributed by atoms with van der Waals surface area (Å²) in [7, 11) is 3.64. The number of fused-ring (bicyclic) bond motifs is 1. The number of nitrogens with zero attached hydrogens (tertiary/aromatic N) is 2. The molecule has 0 spiro atoms. The van der Waals surface area contributed by atoms with Crippen molar-refractivity contribution in [2.45, 2.75) is 25.4 Å². The Labute approximate surface area is 118 Å². The molecule has 3 rings (SSSR count). The summed E-state index contributed by atoms with van der Waals surface area (Å²) in [6.07, 6.45) is 1.34. The van der Waals surface area contributed by atoms with E-state index in [0.29, 0.717) is 6.54 Å². The molecule has 0 saturated carbocycles. The van der Waals surface area contributed by atoms with Crippen LogP contribution in [0.4, 0.5) is 5.69 Å². The van der Waals surface area contributed by atoms with Gasteiger partial charge in [-0.2, -0.15) is 0 Å². The predicted molar refractivity (Wildman–Crippen MR) is 76.4 cm³/mol. The molecule has 1 aromatic carbocycles. The fraction of sp³-hybridized carbons (Fsp3) is 0.467. The second-order valence-corrected chi connectivity index (χ2v) is 5.56. The monoisotopic (exact) mass is 273 g/mol. The number of benzene rings is 1. The van der Waals surface area contributed by atoms with Gasteiger partial charge in [0.15, 0.2) is 0 Å². The van der Waals surface area contributed by atoms with Gasteiger partial charge < -0.3 is 10.2 Å². The van der Waals surface area contributed by atoms with Crippen LogP contribution in [0.15, 0.2) is 18.2 Å². The van der Waals surface area contributed by atoms with Gasteiger partial charge >= 0.3 is 0 Å². The Balaban J connectivity index is 1.65. The van der Waals surface area contributed by atoms with Crippen molar-refractivity contribution in [2.75, 3.05) is 25.5 Å². The smallest absolute Gasteiger partial charge is 0.246 e. The Morgan fingerprint density at radius 2 is 2.10 bits per heavy atom. The van der Waals surface area contributed by atoms with Gasteiger partial charge in [-0.1, -0.05) is 12.1 Å². The summed E-state index contributed by atoms with van der Waals surface area (Å²) in [4.78, 5) is 26.7. The molecule has 2 heterocycles. The number of amides is 2. The number of hydrogen-bond donors (Lipinski definition) is 1. The SMILES string of the molecule is CN1C(=O)CC(NCc2ccc3c(c2)CCN3C)C1=O. The second kappa shape index (κ2) is 4.90. The van der Waals surface area contributed by atoms with Crippen molar-refractivity contribution in [3.05, 3.63) is 29.3 Å². The van der Waals surface area contributed by atoms with E-state index in [1.54, 1.807) is 0 Å². The van der Waals surface area contributed by atoms with E-state index < -0.39 is 0 Å². The van der Waals surface area contributed by atoms with E-state index in [1.165, 1.54) is 23.2 Å². The average Bonchev–Trinajstić information content (AvgIpc) is 2.92. The molecule has 1 N–H and O–H groups in total. The maximum absolute atomic E-state index is 11.8. The summed E-state index contributed by atoms with van der Waals surface area (Å²) in [5.74, 6) is -0.237. The Kier molecular flexibility index (Phi) is 3.22. The van der Waals surface area contributed by atoms with Crippen LogP contribution in [0.1, 0.15) is 17.5 Å². The third-order valence-electron chi connectivity index (χ3n) is 4.21. The van der Waals surface area contributed by atoms with Crippen molar-refractivity contribution in [3.8, 4) is 0 Å². The van der Waals surface area contributed by atoms with Gasteiger partial charge in [-0.05, 0) is 23.6 Å². The summed E-state index contributed by atoms with van der Waals surface area (Å²) in [5.41, 5.74) is 3.81. The van der Waals surface area contributed by atoms with E-state index in [9.17, 15) is 9.59 Å². The first-order valence-electron chi connectivity index (χ1n) is 6.93. The standard InChI is InChI=1S/C15H19N3O2/c1-17-6-5-11-7-10(3-4-13(11)17)9-16-12-8-14(19)18(2)15(12)20/h3-4,7,12,16H,5-6,8-9H2,1-2H3. The highest BCUT2D eigenvalue weighted by Gasteiger charge is 2.35. The molecule has 0 radical (unpaired) electrons. The number of rotatable bonds is 3. The van der Waals surface area contributed by atoms with Crippen molar-refractivity contribution in [1.82, 2.24) is 10.2 Å². The van der Waals surface area contributed by atoms with E-state index in [2.05, 4.69) is 35.5 Å². The molecule has 1 fully saturated rings. The molecular formula is C15H19N3O2. The van der Waals surface area contributed by atoms with Crippen LogP contribution in [0.2, 0.25) is 0 Å². The molecule has 0 aromatic heterocycles. The molecule has 1 saturated heterocycles. The molecular weight excluding hydrogens is 254 g/mol. The number of hydrogen-bond acceptors (Lipinski definition) is 4. The minimum Gasteiger partial charge on any atom is -0.374 e. The zero-order valence-electron chi connectivity index (χ0n) is 11.8. The highest BCUT2D eigenvalue weighted by molar-refractivity contribution is 6.05. The number of carbonyl (C=O) groups excluding carboxylic acids is 2. The minimum atomic E-state index is -0.372. The molecule has 106 valence electrons. The number of anilines is 1. The van der Waals surface area contributed by atoms with Crippen molar-refractivity contribution in [2.24, 2.45) is 0 Å². The highest BCUT2D eigenvalue weighted by atomic mass is 16.2. The van der Waals surface area contributed by atoms with Gasteiger partial charge in [0.25, 0.3) is 0 Å². The predicted octanol–water partition coefficient (Wildman–Crippen LogP) is 0.526. The van der Waals surface area contributed by atoms with Crippen molar-refractivity contribution >= 4 is 17.5 Å². The van der Waals surface area contributed by atoms with Crippen LogP contribution >= 0.6 is 0 Å². The zero-order chi connectivity index (χ0) is 14.3. The lowest BCUT2D eigenvalue weighted by atomic mass is 10.1. The molecule has 1 aromatic rings. The molecule has 2 amide bonds. The molecule has 0 bridgehead atoms. The van der Waals surface area contributed by atoms with Crippen LogP contribution in [0.5, 0.6) is 0 Å². The number of likely N-dealkylation sites (N-methyl/N-ethyl adjacent to an activating group) is 2. The average molecular weight is 273 g/mol. The largest absolute Gasteiger partial charge is 0.374 e. The van der Waals surface area contributed by atoms with E-state index in [-0.39, 0.29) is 24.3 Å². The molecule has 5 nitrogen and oxygen atoms in total. The molecule has 1 atom stereocenters. The van der Waals surface area contributed by atoms with Crippen molar-refractivity contribution in [3.63, 3.8) is 0 Å². The molecule has 0 aliphatic carbocycles. The molecule has 1 unspecified atom stereocenters. The van der Waals surface area contributed by atoms with Gasteiger partial charge in [-0.3, -0.25) is 14.5 Å². The Bertz CT molecular complexity index is 570. The third kappa shape index (κ3) is 2.18. The Hall–Kier alpha value is -1.88. The topological polar surface area (TPSA) is 52.7 Å². The number of imide groups is 1. The van der Waals surface area contributed by atoms with Crippen LogP contribution < -0.4 is 10.2 Å². The van der Waals surface area contributed by atoms with Gasteiger partial charge in [-0.15, -0.1) is 0 Å².